The molecule has 0 radical (unpaired) electrons. The predicted molar refractivity (Wildman–Crippen MR) is 92.9 cm³/mol. The monoisotopic (exact) mass is 357 g/mol. The quantitative estimate of drug-likeness (QED) is 0.660. The predicted octanol–water partition coefficient (Wildman–Crippen LogP) is 1.63. The van der Waals surface area contributed by atoms with Crippen molar-refractivity contribution < 1.29 is 14.5 Å². The van der Waals surface area contributed by atoms with Crippen LogP contribution in [-0.4, -0.2) is 51.6 Å². The van der Waals surface area contributed by atoms with Gasteiger partial charge in [0.2, 0.25) is 0 Å². The summed E-state index contributed by atoms with van der Waals surface area (Å²) in [6.45, 7) is 1.10. The zero-order chi connectivity index (χ0) is 18.7. The number of nitro benzene ring substituents is 1. The van der Waals surface area contributed by atoms with Gasteiger partial charge in [-0.15, -0.1) is 0 Å². The van der Waals surface area contributed by atoms with Gasteiger partial charge in [-0.2, -0.15) is 5.10 Å². The molecular formula is C17H19N5O4. The Bertz CT molecular complexity index is 830. The lowest BCUT2D eigenvalue weighted by molar-refractivity contribution is -0.384. The van der Waals surface area contributed by atoms with Crippen LogP contribution in [0.25, 0.3) is 0 Å². The Morgan fingerprint density at radius 3 is 2.65 bits per heavy atom. The first kappa shape index (κ1) is 17.6. The van der Waals surface area contributed by atoms with Crippen molar-refractivity contribution in [3.05, 3.63) is 57.9 Å². The summed E-state index contributed by atoms with van der Waals surface area (Å²) >= 11 is 0. The molecule has 9 heteroatoms. The Morgan fingerprint density at radius 1 is 1.27 bits per heavy atom. The summed E-state index contributed by atoms with van der Waals surface area (Å²) in [5.74, 6) is -0.415. The number of nitrogens with zero attached hydrogens (tertiary/aromatic N) is 4. The first-order chi connectivity index (χ1) is 12.5. The van der Waals surface area contributed by atoms with Crippen LogP contribution < -0.4 is 5.32 Å². The van der Waals surface area contributed by atoms with Crippen LogP contribution in [0.4, 0.5) is 5.69 Å². The van der Waals surface area contributed by atoms with Crippen molar-refractivity contribution in [2.45, 2.75) is 18.9 Å². The summed E-state index contributed by atoms with van der Waals surface area (Å²) in [6, 6.07) is 7.25. The van der Waals surface area contributed by atoms with Gasteiger partial charge in [-0.05, 0) is 31.0 Å². The van der Waals surface area contributed by atoms with E-state index in [1.54, 1.807) is 28.9 Å². The number of nitrogens with one attached hydrogen (secondary N) is 1. The molecular weight excluding hydrogens is 338 g/mol. The van der Waals surface area contributed by atoms with Crippen LogP contribution in [0.3, 0.4) is 0 Å². The molecule has 0 spiro atoms. The van der Waals surface area contributed by atoms with Crippen LogP contribution in [0.2, 0.25) is 0 Å². The third kappa shape index (κ3) is 3.56. The molecule has 0 bridgehead atoms. The highest BCUT2D eigenvalue weighted by atomic mass is 16.6. The molecule has 1 fully saturated rings. The van der Waals surface area contributed by atoms with Gasteiger partial charge in [-0.1, -0.05) is 0 Å². The first-order valence-electron chi connectivity index (χ1n) is 8.30. The molecule has 2 aromatic rings. The Labute approximate surface area is 149 Å². The van der Waals surface area contributed by atoms with Crippen molar-refractivity contribution >= 4 is 17.5 Å². The van der Waals surface area contributed by atoms with Crippen LogP contribution in [-0.2, 0) is 0 Å². The van der Waals surface area contributed by atoms with E-state index in [2.05, 4.69) is 10.4 Å². The molecule has 2 heterocycles. The molecule has 9 nitrogen and oxygen atoms in total. The van der Waals surface area contributed by atoms with Gasteiger partial charge in [-0.3, -0.25) is 24.4 Å². The van der Waals surface area contributed by atoms with E-state index in [0.29, 0.717) is 24.3 Å². The first-order valence-corrected chi connectivity index (χ1v) is 8.30. The topological polar surface area (TPSA) is 110 Å². The molecule has 1 aromatic carbocycles. The highest BCUT2D eigenvalue weighted by molar-refractivity contribution is 5.94. The number of rotatable bonds is 4. The number of likely N-dealkylation sites (tertiary alicyclic amines) is 1. The van der Waals surface area contributed by atoms with Crippen LogP contribution in [0, 0.1) is 10.1 Å². The maximum Gasteiger partial charge on any atom is 0.271 e. The third-order valence-corrected chi connectivity index (χ3v) is 4.45. The molecule has 2 amide bonds. The number of carbonyl (C=O) groups excluding carboxylic acids is 2. The third-order valence-electron chi connectivity index (χ3n) is 4.45. The van der Waals surface area contributed by atoms with E-state index in [4.69, 9.17) is 0 Å². The highest BCUT2D eigenvalue weighted by Gasteiger charge is 2.26. The van der Waals surface area contributed by atoms with Gasteiger partial charge in [0.15, 0.2) is 0 Å². The second-order valence-electron chi connectivity index (χ2n) is 6.11. The minimum atomic E-state index is -0.493. The van der Waals surface area contributed by atoms with E-state index in [1.807, 2.05) is 0 Å². The van der Waals surface area contributed by atoms with Crippen molar-refractivity contribution in [1.29, 1.82) is 0 Å². The summed E-state index contributed by atoms with van der Waals surface area (Å²) in [5, 5.41) is 17.6. The van der Waals surface area contributed by atoms with Crippen LogP contribution in [0.1, 0.15) is 39.7 Å². The minimum Gasteiger partial charge on any atom is -0.354 e. The second kappa shape index (κ2) is 7.34. The molecule has 0 saturated carbocycles. The van der Waals surface area contributed by atoms with Crippen molar-refractivity contribution in [3.63, 3.8) is 0 Å². The van der Waals surface area contributed by atoms with Crippen molar-refractivity contribution in [1.82, 2.24) is 20.0 Å². The number of non-ortho nitro benzene ring substituents is 1. The molecule has 1 aromatic heterocycles. The van der Waals surface area contributed by atoms with E-state index in [0.717, 1.165) is 12.8 Å². The summed E-state index contributed by atoms with van der Waals surface area (Å²) in [5.41, 5.74) is 0.713. The summed E-state index contributed by atoms with van der Waals surface area (Å²) in [6.07, 6.45) is 3.42. The molecule has 1 atom stereocenters. The number of benzene rings is 1. The molecule has 0 aliphatic carbocycles. The second-order valence-corrected chi connectivity index (χ2v) is 6.11. The number of amides is 2. The normalized spacial score (nSPS) is 17.0. The number of hydrogen-bond donors (Lipinski definition) is 1. The summed E-state index contributed by atoms with van der Waals surface area (Å²) in [4.78, 5) is 36.3. The Morgan fingerprint density at radius 2 is 2.00 bits per heavy atom. The largest absolute Gasteiger partial charge is 0.354 e. The Balaban J connectivity index is 1.71. The lowest BCUT2D eigenvalue weighted by Crippen LogP contribution is -2.40. The maximum atomic E-state index is 12.7. The van der Waals surface area contributed by atoms with Crippen molar-refractivity contribution in [2.75, 3.05) is 20.1 Å². The number of nitro groups is 1. The number of hydrogen-bond acceptors (Lipinski definition) is 5. The van der Waals surface area contributed by atoms with Gasteiger partial charge in [0.05, 0.1) is 11.0 Å². The lowest BCUT2D eigenvalue weighted by atomic mass is 10.0. The van der Waals surface area contributed by atoms with E-state index < -0.39 is 4.92 Å². The maximum absolute atomic E-state index is 12.7. The fourth-order valence-corrected chi connectivity index (χ4v) is 3.05. The van der Waals surface area contributed by atoms with E-state index in [9.17, 15) is 19.7 Å². The van der Waals surface area contributed by atoms with E-state index in [-0.39, 0.29) is 23.5 Å². The molecule has 1 N–H and O–H groups in total. The van der Waals surface area contributed by atoms with Crippen molar-refractivity contribution in [2.24, 2.45) is 0 Å². The lowest BCUT2D eigenvalue weighted by Gasteiger charge is -2.33. The molecule has 26 heavy (non-hydrogen) atoms. The average Bonchev–Trinajstić information content (AvgIpc) is 3.17. The van der Waals surface area contributed by atoms with Crippen LogP contribution in [0.5, 0.6) is 0 Å². The molecule has 0 unspecified atom stereocenters. The van der Waals surface area contributed by atoms with Gasteiger partial charge < -0.3 is 10.2 Å². The molecule has 1 aliphatic heterocycles. The summed E-state index contributed by atoms with van der Waals surface area (Å²) < 4.78 is 1.72. The fraction of sp³-hybridized carbons (Fsp3) is 0.353. The molecule has 136 valence electrons. The van der Waals surface area contributed by atoms with E-state index >= 15 is 0 Å². The smallest absolute Gasteiger partial charge is 0.271 e. The van der Waals surface area contributed by atoms with Gasteiger partial charge in [0, 0.05) is 44.0 Å². The zero-order valence-electron chi connectivity index (χ0n) is 14.3. The number of aromatic nitrogens is 2. The minimum absolute atomic E-state index is 0.0100. The highest BCUT2D eigenvalue weighted by Crippen LogP contribution is 2.23. The molecule has 1 saturated heterocycles. The van der Waals surface area contributed by atoms with Gasteiger partial charge in [0.25, 0.3) is 17.5 Å². The Kier molecular flexibility index (Phi) is 4.97. The van der Waals surface area contributed by atoms with Crippen molar-refractivity contribution in [3.8, 4) is 0 Å². The van der Waals surface area contributed by atoms with Gasteiger partial charge in [0.1, 0.15) is 5.69 Å². The SMILES string of the molecule is CNC(=O)c1ccn([C@H]2CCCN(C(=O)c3ccc([N+](=O)[O-])cc3)C2)n1. The molecule has 3 rings (SSSR count). The zero-order valence-corrected chi connectivity index (χ0v) is 14.3. The van der Waals surface area contributed by atoms with Crippen LogP contribution in [0.15, 0.2) is 36.5 Å². The molecule has 1 aliphatic rings. The summed E-state index contributed by atoms with van der Waals surface area (Å²) in [7, 11) is 1.55. The van der Waals surface area contributed by atoms with Gasteiger partial charge >= 0.3 is 0 Å². The average molecular weight is 357 g/mol. The number of piperidine rings is 1. The standard InChI is InChI=1S/C17H19N5O4/c1-18-16(23)15-8-10-21(19-15)14-3-2-9-20(11-14)17(24)12-4-6-13(7-5-12)22(25)26/h4-8,10,14H,2-3,9,11H2,1H3,(H,18,23)/t14-/m0/s1. The van der Waals surface area contributed by atoms with E-state index in [1.165, 1.54) is 24.3 Å². The number of carbonyl (C=O) groups is 2. The Hall–Kier alpha value is -3.23. The van der Waals surface area contributed by atoms with Gasteiger partial charge in [-0.25, -0.2) is 0 Å². The fourth-order valence-electron chi connectivity index (χ4n) is 3.05. The van der Waals surface area contributed by atoms with Crippen LogP contribution >= 0.6 is 0 Å².